The van der Waals surface area contributed by atoms with Crippen LogP contribution in [0.15, 0.2) is 41.4 Å². The molecular formula is C20H24N4O3. The summed E-state index contributed by atoms with van der Waals surface area (Å²) in [5.74, 6) is 0.486. The summed E-state index contributed by atoms with van der Waals surface area (Å²) >= 11 is 0. The van der Waals surface area contributed by atoms with Crippen LogP contribution in [0.1, 0.15) is 47.8 Å². The molecule has 0 spiro atoms. The number of aromatic nitrogens is 3. The lowest BCUT2D eigenvalue weighted by Gasteiger charge is -2.14. The molecule has 7 nitrogen and oxygen atoms in total. The molecule has 1 unspecified atom stereocenters. The van der Waals surface area contributed by atoms with Crippen molar-refractivity contribution in [1.82, 2.24) is 19.9 Å². The van der Waals surface area contributed by atoms with E-state index < -0.39 is 0 Å². The Hall–Kier alpha value is -2.67. The molecule has 0 bridgehead atoms. The van der Waals surface area contributed by atoms with E-state index in [0.29, 0.717) is 24.6 Å². The maximum absolute atomic E-state index is 12.5. The topological polar surface area (TPSA) is 93.2 Å². The van der Waals surface area contributed by atoms with Crippen LogP contribution in [0.25, 0.3) is 11.2 Å². The van der Waals surface area contributed by atoms with Crippen LogP contribution < -0.4 is 5.32 Å². The zero-order valence-electron chi connectivity index (χ0n) is 15.2. The number of carbonyl (C=O) groups excluding carboxylic acids is 1. The standard InChI is InChI=1S/C20H24N4O3/c25-12-14(8-17-6-3-7-27-17)10-22-20(26)15-9-18-19(21-11-15)24(13-23-18)16-4-1-2-5-16/h3,6-7,9,11,13-14,16,25H,1-2,4-5,8,10,12H2,(H,22,26). The second-order valence-corrected chi connectivity index (χ2v) is 7.20. The van der Waals surface area contributed by atoms with Crippen LogP contribution in [0, 0.1) is 5.92 Å². The molecule has 4 rings (SSSR count). The van der Waals surface area contributed by atoms with Crippen molar-refractivity contribution in [2.75, 3.05) is 13.2 Å². The number of hydrogen-bond acceptors (Lipinski definition) is 5. The summed E-state index contributed by atoms with van der Waals surface area (Å²) in [6.45, 7) is 0.342. The molecule has 0 aromatic carbocycles. The molecule has 7 heteroatoms. The summed E-state index contributed by atoms with van der Waals surface area (Å²) in [7, 11) is 0. The molecule has 3 aromatic heterocycles. The summed E-state index contributed by atoms with van der Waals surface area (Å²) in [6.07, 6.45) is 10.4. The summed E-state index contributed by atoms with van der Waals surface area (Å²) in [6, 6.07) is 5.93. The predicted octanol–water partition coefficient (Wildman–Crippen LogP) is 2.72. The zero-order valence-corrected chi connectivity index (χ0v) is 15.2. The van der Waals surface area contributed by atoms with Crippen molar-refractivity contribution in [3.8, 4) is 0 Å². The number of carbonyl (C=O) groups is 1. The highest BCUT2D eigenvalue weighted by atomic mass is 16.3. The Morgan fingerprint density at radius 1 is 1.37 bits per heavy atom. The van der Waals surface area contributed by atoms with Crippen molar-refractivity contribution in [3.63, 3.8) is 0 Å². The number of fused-ring (bicyclic) bond motifs is 1. The summed E-state index contributed by atoms with van der Waals surface area (Å²) < 4.78 is 7.44. The van der Waals surface area contributed by atoms with Crippen LogP contribution in [-0.4, -0.2) is 38.7 Å². The minimum absolute atomic E-state index is 0.0238. The Labute approximate surface area is 157 Å². The van der Waals surface area contributed by atoms with Gasteiger partial charge in [0, 0.05) is 37.7 Å². The smallest absolute Gasteiger partial charge is 0.252 e. The fraction of sp³-hybridized carbons (Fsp3) is 0.450. The van der Waals surface area contributed by atoms with E-state index in [4.69, 9.17) is 4.42 Å². The van der Waals surface area contributed by atoms with Crippen molar-refractivity contribution in [2.24, 2.45) is 5.92 Å². The van der Waals surface area contributed by atoms with Crippen LogP contribution in [0.2, 0.25) is 0 Å². The molecule has 2 N–H and O–H groups in total. The predicted molar refractivity (Wildman–Crippen MR) is 100 cm³/mol. The largest absolute Gasteiger partial charge is 0.469 e. The Kier molecular flexibility index (Phi) is 5.20. The molecule has 1 aliphatic rings. The number of aliphatic hydroxyl groups is 1. The quantitative estimate of drug-likeness (QED) is 0.669. The number of furan rings is 1. The van der Waals surface area contributed by atoms with Gasteiger partial charge in [-0.25, -0.2) is 9.97 Å². The van der Waals surface area contributed by atoms with E-state index in [0.717, 1.165) is 29.8 Å². The summed E-state index contributed by atoms with van der Waals surface area (Å²) in [5.41, 5.74) is 2.06. The highest BCUT2D eigenvalue weighted by Crippen LogP contribution is 2.31. The molecule has 0 aliphatic heterocycles. The van der Waals surface area contributed by atoms with Gasteiger partial charge in [-0.05, 0) is 31.0 Å². The molecule has 1 atom stereocenters. The van der Waals surface area contributed by atoms with Gasteiger partial charge in [-0.3, -0.25) is 4.79 Å². The number of amides is 1. The Morgan fingerprint density at radius 3 is 2.96 bits per heavy atom. The first-order chi connectivity index (χ1) is 13.2. The molecular weight excluding hydrogens is 344 g/mol. The van der Waals surface area contributed by atoms with Gasteiger partial charge in [0.15, 0.2) is 5.65 Å². The fourth-order valence-electron chi connectivity index (χ4n) is 3.75. The van der Waals surface area contributed by atoms with E-state index in [1.54, 1.807) is 18.5 Å². The second kappa shape index (κ2) is 7.92. The van der Waals surface area contributed by atoms with Gasteiger partial charge >= 0.3 is 0 Å². The average Bonchev–Trinajstić information content (AvgIpc) is 3.45. The normalized spacial score (nSPS) is 16.0. The van der Waals surface area contributed by atoms with Gasteiger partial charge in [0.25, 0.3) is 5.91 Å². The molecule has 3 heterocycles. The number of pyridine rings is 1. The first kappa shape index (κ1) is 17.7. The van der Waals surface area contributed by atoms with Crippen molar-refractivity contribution in [2.45, 2.75) is 38.1 Å². The molecule has 27 heavy (non-hydrogen) atoms. The van der Waals surface area contributed by atoms with Gasteiger partial charge < -0.3 is 19.4 Å². The van der Waals surface area contributed by atoms with E-state index in [9.17, 15) is 9.90 Å². The highest BCUT2D eigenvalue weighted by Gasteiger charge is 2.20. The first-order valence-electron chi connectivity index (χ1n) is 9.48. The first-order valence-corrected chi connectivity index (χ1v) is 9.48. The Bertz CT molecular complexity index is 897. The molecule has 1 aliphatic carbocycles. The molecule has 1 amide bonds. The molecule has 1 fully saturated rings. The summed E-state index contributed by atoms with van der Waals surface area (Å²) in [5, 5.41) is 12.4. The molecule has 1 saturated carbocycles. The number of rotatable bonds is 7. The number of nitrogens with zero attached hydrogens (tertiary/aromatic N) is 3. The zero-order chi connectivity index (χ0) is 18.6. The highest BCUT2D eigenvalue weighted by molar-refractivity contribution is 5.96. The molecule has 142 valence electrons. The van der Waals surface area contributed by atoms with Gasteiger partial charge in [0.2, 0.25) is 0 Å². The Morgan fingerprint density at radius 2 is 2.22 bits per heavy atom. The maximum Gasteiger partial charge on any atom is 0.252 e. The van der Waals surface area contributed by atoms with Gasteiger partial charge in [-0.1, -0.05) is 12.8 Å². The average molecular weight is 368 g/mol. The van der Waals surface area contributed by atoms with Gasteiger partial charge in [-0.2, -0.15) is 0 Å². The van der Waals surface area contributed by atoms with Crippen LogP contribution >= 0.6 is 0 Å². The monoisotopic (exact) mass is 368 g/mol. The van der Waals surface area contributed by atoms with E-state index in [2.05, 4.69) is 19.9 Å². The van der Waals surface area contributed by atoms with Crippen molar-refractivity contribution < 1.29 is 14.3 Å². The van der Waals surface area contributed by atoms with Crippen LogP contribution in [-0.2, 0) is 6.42 Å². The van der Waals surface area contributed by atoms with Crippen LogP contribution in [0.5, 0.6) is 0 Å². The molecule has 0 radical (unpaired) electrons. The lowest BCUT2D eigenvalue weighted by Crippen LogP contribution is -2.31. The SMILES string of the molecule is O=C(NCC(CO)Cc1ccco1)c1cnc2c(c1)ncn2C1CCCC1. The van der Waals surface area contributed by atoms with Crippen LogP contribution in [0.3, 0.4) is 0 Å². The van der Waals surface area contributed by atoms with E-state index >= 15 is 0 Å². The molecule has 0 saturated heterocycles. The summed E-state index contributed by atoms with van der Waals surface area (Å²) in [4.78, 5) is 21.4. The van der Waals surface area contributed by atoms with Crippen molar-refractivity contribution >= 4 is 17.1 Å². The molecule has 3 aromatic rings. The van der Waals surface area contributed by atoms with E-state index in [1.807, 2.05) is 18.5 Å². The third-order valence-corrected chi connectivity index (χ3v) is 5.27. The number of imidazole rings is 1. The number of nitrogens with one attached hydrogen (secondary N) is 1. The number of aliphatic hydroxyl groups excluding tert-OH is 1. The fourth-order valence-corrected chi connectivity index (χ4v) is 3.75. The third kappa shape index (κ3) is 3.88. The van der Waals surface area contributed by atoms with Crippen molar-refractivity contribution in [3.05, 3.63) is 48.3 Å². The second-order valence-electron chi connectivity index (χ2n) is 7.20. The van der Waals surface area contributed by atoms with E-state index in [-0.39, 0.29) is 18.4 Å². The van der Waals surface area contributed by atoms with E-state index in [1.165, 1.54) is 12.8 Å². The number of hydrogen-bond donors (Lipinski definition) is 2. The van der Waals surface area contributed by atoms with Gasteiger partial charge in [0.1, 0.15) is 11.3 Å². The minimum Gasteiger partial charge on any atom is -0.469 e. The Balaban J connectivity index is 1.41. The van der Waals surface area contributed by atoms with Gasteiger partial charge in [0.05, 0.1) is 18.2 Å². The van der Waals surface area contributed by atoms with Crippen molar-refractivity contribution in [1.29, 1.82) is 0 Å². The third-order valence-electron chi connectivity index (χ3n) is 5.27. The lowest BCUT2D eigenvalue weighted by molar-refractivity contribution is 0.0938. The van der Waals surface area contributed by atoms with Gasteiger partial charge in [-0.15, -0.1) is 0 Å². The maximum atomic E-state index is 12.5. The minimum atomic E-state index is -0.210. The van der Waals surface area contributed by atoms with Crippen LogP contribution in [0.4, 0.5) is 0 Å². The lowest BCUT2D eigenvalue weighted by atomic mass is 10.0.